The molecule has 0 bridgehead atoms. The lowest BCUT2D eigenvalue weighted by Crippen LogP contribution is -2.29. The molecule has 1 aliphatic heterocycles. The largest absolute Gasteiger partial charge is 0.383 e. The quantitative estimate of drug-likeness (QED) is 0.804. The van der Waals surface area contributed by atoms with E-state index >= 15 is 0 Å². The van der Waals surface area contributed by atoms with Crippen LogP contribution in [0.2, 0.25) is 0 Å². The Balaban J connectivity index is 2.01. The molecule has 0 saturated carbocycles. The first-order valence-corrected chi connectivity index (χ1v) is 7.60. The van der Waals surface area contributed by atoms with Gasteiger partial charge in [0.1, 0.15) is 5.82 Å². The zero-order chi connectivity index (χ0) is 15.4. The smallest absolute Gasteiger partial charge is 0.223 e. The molecule has 5 nitrogen and oxygen atoms in total. The fourth-order valence-electron chi connectivity index (χ4n) is 2.76. The minimum atomic E-state index is 0.229. The summed E-state index contributed by atoms with van der Waals surface area (Å²) in [5, 5.41) is 0. The number of carbonyl (C=O) groups is 1. The Morgan fingerprint density at radius 2 is 2.19 bits per heavy atom. The van der Waals surface area contributed by atoms with Crippen molar-refractivity contribution in [1.82, 2.24) is 14.9 Å². The number of ether oxygens (including phenoxy) is 1. The summed E-state index contributed by atoms with van der Waals surface area (Å²) >= 11 is 0. The third-order valence-electron chi connectivity index (χ3n) is 3.86. The summed E-state index contributed by atoms with van der Waals surface area (Å²) in [5.74, 6) is 1.79. The molecule has 2 rings (SSSR count). The molecule has 0 aliphatic carbocycles. The molecule has 1 fully saturated rings. The maximum absolute atomic E-state index is 12.0. The molecule has 1 aromatic heterocycles. The summed E-state index contributed by atoms with van der Waals surface area (Å²) in [7, 11) is 1.66. The van der Waals surface area contributed by atoms with Crippen LogP contribution in [0.4, 0.5) is 0 Å². The Morgan fingerprint density at radius 1 is 1.43 bits per heavy atom. The Labute approximate surface area is 126 Å². The SMILES string of the molecule is COCCN1CC(Cc2cc(C(C)C)nc(C)n2)CC1=O. The molecule has 5 heteroatoms. The van der Waals surface area contributed by atoms with Crippen LogP contribution in [0.5, 0.6) is 0 Å². The van der Waals surface area contributed by atoms with Gasteiger partial charge >= 0.3 is 0 Å². The molecule has 0 aromatic carbocycles. The Kier molecular flexibility index (Phi) is 5.28. The standard InChI is InChI=1S/C16H25N3O2/c1-11(2)15-9-14(17-12(3)18-15)7-13-8-16(20)19(10-13)5-6-21-4/h9,11,13H,5-8,10H2,1-4H3. The van der Waals surface area contributed by atoms with E-state index in [-0.39, 0.29) is 5.91 Å². The summed E-state index contributed by atoms with van der Waals surface area (Å²) in [6.07, 6.45) is 1.46. The first-order chi connectivity index (χ1) is 9.99. The van der Waals surface area contributed by atoms with E-state index in [1.54, 1.807) is 7.11 Å². The molecular weight excluding hydrogens is 266 g/mol. The van der Waals surface area contributed by atoms with Gasteiger partial charge in [0, 0.05) is 38.0 Å². The molecule has 1 unspecified atom stereocenters. The minimum absolute atomic E-state index is 0.229. The number of hydrogen-bond donors (Lipinski definition) is 0. The molecule has 1 atom stereocenters. The third-order valence-corrected chi connectivity index (χ3v) is 3.86. The minimum Gasteiger partial charge on any atom is -0.383 e. The Hall–Kier alpha value is -1.49. The van der Waals surface area contributed by atoms with Crippen molar-refractivity contribution in [3.05, 3.63) is 23.3 Å². The van der Waals surface area contributed by atoms with E-state index < -0.39 is 0 Å². The number of methoxy groups -OCH3 is 1. The molecule has 21 heavy (non-hydrogen) atoms. The molecule has 1 aliphatic rings. The lowest BCUT2D eigenvalue weighted by Gasteiger charge is -2.16. The van der Waals surface area contributed by atoms with E-state index in [1.807, 2.05) is 11.8 Å². The number of carbonyl (C=O) groups excluding carboxylic acids is 1. The molecule has 2 heterocycles. The first kappa shape index (κ1) is 15.9. The van der Waals surface area contributed by atoms with Gasteiger partial charge < -0.3 is 9.64 Å². The average molecular weight is 291 g/mol. The van der Waals surface area contributed by atoms with Crippen molar-refractivity contribution in [2.24, 2.45) is 5.92 Å². The molecule has 1 saturated heterocycles. The lowest BCUT2D eigenvalue weighted by atomic mass is 10.0. The molecule has 0 spiro atoms. The van der Waals surface area contributed by atoms with Gasteiger partial charge in [0.2, 0.25) is 5.91 Å². The van der Waals surface area contributed by atoms with E-state index in [0.717, 1.165) is 30.2 Å². The van der Waals surface area contributed by atoms with Crippen LogP contribution in [0.1, 0.15) is 43.4 Å². The van der Waals surface area contributed by atoms with Crippen LogP contribution in [0.25, 0.3) is 0 Å². The zero-order valence-electron chi connectivity index (χ0n) is 13.4. The van der Waals surface area contributed by atoms with Crippen LogP contribution in [0.3, 0.4) is 0 Å². The monoisotopic (exact) mass is 291 g/mol. The van der Waals surface area contributed by atoms with Crippen LogP contribution >= 0.6 is 0 Å². The maximum Gasteiger partial charge on any atom is 0.223 e. The number of amides is 1. The van der Waals surface area contributed by atoms with Crippen molar-refractivity contribution in [3.8, 4) is 0 Å². The highest BCUT2D eigenvalue weighted by Crippen LogP contribution is 2.22. The second kappa shape index (κ2) is 6.98. The number of likely N-dealkylation sites (tertiary alicyclic amines) is 1. The van der Waals surface area contributed by atoms with E-state index in [2.05, 4.69) is 29.9 Å². The second-order valence-corrected chi connectivity index (χ2v) is 6.09. The van der Waals surface area contributed by atoms with Gasteiger partial charge in [-0.05, 0) is 31.2 Å². The van der Waals surface area contributed by atoms with Crippen LogP contribution in [0.15, 0.2) is 6.07 Å². The summed E-state index contributed by atoms with van der Waals surface area (Å²) in [4.78, 5) is 22.9. The van der Waals surface area contributed by atoms with Crippen molar-refractivity contribution in [2.75, 3.05) is 26.8 Å². The normalized spacial score (nSPS) is 18.8. The van der Waals surface area contributed by atoms with Gasteiger partial charge in [-0.2, -0.15) is 0 Å². The number of nitrogens with zero attached hydrogens (tertiary/aromatic N) is 3. The molecule has 0 radical (unpaired) electrons. The molecule has 1 aromatic rings. The summed E-state index contributed by atoms with van der Waals surface area (Å²) in [6, 6.07) is 2.08. The van der Waals surface area contributed by atoms with E-state index in [1.165, 1.54) is 0 Å². The summed E-state index contributed by atoms with van der Waals surface area (Å²) in [5.41, 5.74) is 2.13. The fourth-order valence-corrected chi connectivity index (χ4v) is 2.76. The average Bonchev–Trinajstić information content (AvgIpc) is 2.75. The maximum atomic E-state index is 12.0. The van der Waals surface area contributed by atoms with Crippen LogP contribution in [0, 0.1) is 12.8 Å². The number of aryl methyl sites for hydroxylation is 1. The summed E-state index contributed by atoms with van der Waals surface area (Å²) < 4.78 is 5.05. The molecule has 1 amide bonds. The van der Waals surface area contributed by atoms with Crippen LogP contribution in [-0.4, -0.2) is 47.6 Å². The zero-order valence-corrected chi connectivity index (χ0v) is 13.4. The van der Waals surface area contributed by atoms with E-state index in [4.69, 9.17) is 4.74 Å². The lowest BCUT2D eigenvalue weighted by molar-refractivity contribution is -0.128. The highest BCUT2D eigenvalue weighted by molar-refractivity contribution is 5.78. The van der Waals surface area contributed by atoms with E-state index in [0.29, 0.717) is 31.4 Å². The van der Waals surface area contributed by atoms with Gasteiger partial charge in [0.05, 0.1) is 6.61 Å². The first-order valence-electron chi connectivity index (χ1n) is 7.60. The Morgan fingerprint density at radius 3 is 2.86 bits per heavy atom. The molecule has 116 valence electrons. The molecule has 0 N–H and O–H groups in total. The van der Waals surface area contributed by atoms with Gasteiger partial charge in [-0.3, -0.25) is 4.79 Å². The van der Waals surface area contributed by atoms with Crippen LogP contribution < -0.4 is 0 Å². The van der Waals surface area contributed by atoms with Crippen molar-refractivity contribution in [1.29, 1.82) is 0 Å². The van der Waals surface area contributed by atoms with E-state index in [9.17, 15) is 4.79 Å². The van der Waals surface area contributed by atoms with Gasteiger partial charge in [-0.1, -0.05) is 13.8 Å². The predicted octanol–water partition coefficient (Wildman–Crippen LogP) is 1.95. The van der Waals surface area contributed by atoms with Gasteiger partial charge in [-0.15, -0.1) is 0 Å². The fraction of sp³-hybridized carbons (Fsp3) is 0.688. The third kappa shape index (κ3) is 4.24. The number of hydrogen-bond acceptors (Lipinski definition) is 4. The molecular formula is C16H25N3O2. The van der Waals surface area contributed by atoms with Crippen molar-refractivity contribution < 1.29 is 9.53 Å². The topological polar surface area (TPSA) is 55.3 Å². The van der Waals surface area contributed by atoms with Gasteiger partial charge in [0.25, 0.3) is 0 Å². The number of aromatic nitrogens is 2. The number of rotatable bonds is 6. The predicted molar refractivity (Wildman–Crippen MR) is 81.1 cm³/mol. The van der Waals surface area contributed by atoms with Crippen molar-refractivity contribution in [3.63, 3.8) is 0 Å². The van der Waals surface area contributed by atoms with Crippen molar-refractivity contribution in [2.45, 2.75) is 39.5 Å². The summed E-state index contributed by atoms with van der Waals surface area (Å²) in [6.45, 7) is 8.30. The highest BCUT2D eigenvalue weighted by Gasteiger charge is 2.29. The second-order valence-electron chi connectivity index (χ2n) is 6.09. The van der Waals surface area contributed by atoms with Gasteiger partial charge in [0.15, 0.2) is 0 Å². The van der Waals surface area contributed by atoms with Gasteiger partial charge in [-0.25, -0.2) is 9.97 Å². The van der Waals surface area contributed by atoms with Crippen LogP contribution in [-0.2, 0) is 16.0 Å². The highest BCUT2D eigenvalue weighted by atomic mass is 16.5. The van der Waals surface area contributed by atoms with Crippen molar-refractivity contribution >= 4 is 5.91 Å². The Bertz CT molecular complexity index is 502.